The maximum atomic E-state index is 12.8. The predicted octanol–water partition coefficient (Wildman–Crippen LogP) is 3.85. The molecule has 0 saturated carbocycles. The van der Waals surface area contributed by atoms with Gasteiger partial charge in [0.2, 0.25) is 17.6 Å². The molecule has 1 aromatic heterocycles. The van der Waals surface area contributed by atoms with Crippen molar-refractivity contribution in [2.24, 2.45) is 0 Å². The second kappa shape index (κ2) is 9.40. The van der Waals surface area contributed by atoms with Gasteiger partial charge in [-0.25, -0.2) is 0 Å². The summed E-state index contributed by atoms with van der Waals surface area (Å²) in [5, 5.41) is 4.12. The van der Waals surface area contributed by atoms with E-state index >= 15 is 0 Å². The summed E-state index contributed by atoms with van der Waals surface area (Å²) < 4.78 is 26.9. The van der Waals surface area contributed by atoms with E-state index in [2.05, 4.69) is 10.1 Å². The molecule has 1 aliphatic rings. The van der Waals surface area contributed by atoms with Gasteiger partial charge in [0.15, 0.2) is 11.5 Å². The van der Waals surface area contributed by atoms with E-state index in [-0.39, 0.29) is 17.9 Å². The molecular weight excluding hydrogens is 426 g/mol. The van der Waals surface area contributed by atoms with E-state index < -0.39 is 0 Å². The zero-order valence-corrected chi connectivity index (χ0v) is 19.3. The molecule has 2 atom stereocenters. The molecule has 1 amide bonds. The Balaban J connectivity index is 1.53. The van der Waals surface area contributed by atoms with Crippen LogP contribution in [-0.2, 0) is 4.79 Å². The minimum absolute atomic E-state index is 0.0325. The molecular formula is C24H27N3O6. The summed E-state index contributed by atoms with van der Waals surface area (Å²) in [6.45, 7) is 2.47. The van der Waals surface area contributed by atoms with Gasteiger partial charge in [0.25, 0.3) is 0 Å². The Hall–Kier alpha value is -3.75. The summed E-state index contributed by atoms with van der Waals surface area (Å²) in [6, 6.07) is 10.9. The van der Waals surface area contributed by atoms with Gasteiger partial charge in [-0.2, -0.15) is 4.98 Å². The fourth-order valence-electron chi connectivity index (χ4n) is 4.02. The largest absolute Gasteiger partial charge is 0.497 e. The zero-order valence-electron chi connectivity index (χ0n) is 19.3. The van der Waals surface area contributed by atoms with Gasteiger partial charge < -0.3 is 28.4 Å². The monoisotopic (exact) mass is 453 g/mol. The molecule has 174 valence electrons. The fraction of sp³-hybridized carbons (Fsp3) is 0.375. The Morgan fingerprint density at radius 3 is 2.30 bits per heavy atom. The van der Waals surface area contributed by atoms with Crippen molar-refractivity contribution in [3.8, 4) is 34.4 Å². The lowest BCUT2D eigenvalue weighted by molar-refractivity contribution is -0.129. The number of benzene rings is 2. The third kappa shape index (κ3) is 4.44. The highest BCUT2D eigenvalue weighted by atomic mass is 16.5. The Morgan fingerprint density at radius 1 is 0.970 bits per heavy atom. The lowest BCUT2D eigenvalue weighted by Gasteiger charge is -2.25. The van der Waals surface area contributed by atoms with Crippen LogP contribution in [0.3, 0.4) is 0 Å². The van der Waals surface area contributed by atoms with E-state index in [0.29, 0.717) is 53.2 Å². The number of carbonyl (C=O) groups excluding carboxylic acids is 1. The first-order chi connectivity index (χ1) is 16.0. The lowest BCUT2D eigenvalue weighted by atomic mass is 10.1. The summed E-state index contributed by atoms with van der Waals surface area (Å²) in [7, 11) is 6.35. The van der Waals surface area contributed by atoms with Crippen molar-refractivity contribution in [3.63, 3.8) is 0 Å². The molecule has 2 unspecified atom stereocenters. The Bertz CT molecular complexity index is 1120. The third-order valence-corrected chi connectivity index (χ3v) is 5.92. The summed E-state index contributed by atoms with van der Waals surface area (Å²) in [5.74, 6) is 3.22. The van der Waals surface area contributed by atoms with Crippen molar-refractivity contribution < 1.29 is 28.3 Å². The number of hydrogen-bond acceptors (Lipinski definition) is 8. The summed E-state index contributed by atoms with van der Waals surface area (Å²) in [5.41, 5.74) is 1.66. The van der Waals surface area contributed by atoms with Gasteiger partial charge in [0, 0.05) is 24.6 Å². The van der Waals surface area contributed by atoms with E-state index in [1.807, 2.05) is 42.2 Å². The fourth-order valence-corrected chi connectivity index (χ4v) is 4.02. The van der Waals surface area contributed by atoms with Crippen molar-refractivity contribution >= 4 is 5.91 Å². The molecule has 3 aromatic rings. The number of rotatable bonds is 8. The van der Waals surface area contributed by atoms with Gasteiger partial charge in [-0.1, -0.05) is 11.2 Å². The number of amides is 1. The normalized spacial score (nSPS) is 16.6. The Morgan fingerprint density at radius 2 is 1.67 bits per heavy atom. The molecule has 1 fully saturated rings. The first-order valence-corrected chi connectivity index (χ1v) is 10.6. The second-order valence-corrected chi connectivity index (χ2v) is 7.80. The van der Waals surface area contributed by atoms with Crippen LogP contribution in [0.15, 0.2) is 40.9 Å². The summed E-state index contributed by atoms with van der Waals surface area (Å²) in [6.07, 6.45) is 0.306. The molecule has 1 saturated heterocycles. The lowest BCUT2D eigenvalue weighted by Crippen LogP contribution is -2.28. The molecule has 0 spiro atoms. The standard InChI is InChI=1S/C24H27N3O6/c1-14(15-6-7-20(31-4)21(10-15)32-5)27-13-17(11-22(27)28)24-25-23(26-33-24)16-8-18(29-2)12-19(9-16)30-3/h6-10,12,14,17H,11,13H2,1-5H3. The molecule has 1 aliphatic heterocycles. The van der Waals surface area contributed by atoms with Gasteiger partial charge in [-0.3, -0.25) is 4.79 Å². The topological polar surface area (TPSA) is 96.2 Å². The molecule has 9 heteroatoms. The smallest absolute Gasteiger partial charge is 0.232 e. The van der Waals surface area contributed by atoms with Crippen molar-refractivity contribution in [1.29, 1.82) is 0 Å². The number of aromatic nitrogens is 2. The number of methoxy groups -OCH3 is 4. The summed E-state index contributed by atoms with van der Waals surface area (Å²) >= 11 is 0. The highest BCUT2D eigenvalue weighted by Crippen LogP contribution is 2.37. The highest BCUT2D eigenvalue weighted by molar-refractivity contribution is 5.80. The number of hydrogen-bond donors (Lipinski definition) is 0. The third-order valence-electron chi connectivity index (χ3n) is 5.92. The van der Waals surface area contributed by atoms with Crippen molar-refractivity contribution in [2.75, 3.05) is 35.0 Å². The maximum absolute atomic E-state index is 12.8. The first kappa shape index (κ1) is 22.4. The van der Waals surface area contributed by atoms with Crippen LogP contribution in [0.25, 0.3) is 11.4 Å². The van der Waals surface area contributed by atoms with Gasteiger partial charge >= 0.3 is 0 Å². The summed E-state index contributed by atoms with van der Waals surface area (Å²) in [4.78, 5) is 19.2. The Labute approximate surface area is 192 Å². The first-order valence-electron chi connectivity index (χ1n) is 10.6. The van der Waals surface area contributed by atoms with E-state index in [4.69, 9.17) is 23.5 Å². The van der Waals surface area contributed by atoms with Gasteiger partial charge in [-0.05, 0) is 36.8 Å². The average molecular weight is 453 g/mol. The van der Waals surface area contributed by atoms with Crippen molar-refractivity contribution in [1.82, 2.24) is 15.0 Å². The predicted molar refractivity (Wildman–Crippen MR) is 120 cm³/mol. The second-order valence-electron chi connectivity index (χ2n) is 7.80. The van der Waals surface area contributed by atoms with Crippen molar-refractivity contribution in [3.05, 3.63) is 47.9 Å². The minimum atomic E-state index is -0.186. The molecule has 0 bridgehead atoms. The molecule has 0 N–H and O–H groups in total. The van der Waals surface area contributed by atoms with E-state index in [1.165, 1.54) is 0 Å². The molecule has 9 nitrogen and oxygen atoms in total. The van der Waals surface area contributed by atoms with E-state index in [1.54, 1.807) is 34.5 Å². The SMILES string of the molecule is COc1cc(OC)cc(-c2noc(C3CC(=O)N(C(C)c4ccc(OC)c(OC)c4)C3)n2)c1. The van der Waals surface area contributed by atoms with Crippen LogP contribution >= 0.6 is 0 Å². The van der Waals surface area contributed by atoms with Crippen molar-refractivity contribution in [2.45, 2.75) is 25.3 Å². The average Bonchev–Trinajstić information content (AvgIpc) is 3.49. The highest BCUT2D eigenvalue weighted by Gasteiger charge is 2.37. The van der Waals surface area contributed by atoms with E-state index in [9.17, 15) is 4.79 Å². The maximum Gasteiger partial charge on any atom is 0.232 e. The van der Waals surface area contributed by atoms with Crippen LogP contribution in [-0.4, -0.2) is 55.9 Å². The Kier molecular flexibility index (Phi) is 6.39. The van der Waals surface area contributed by atoms with Gasteiger partial charge in [0.1, 0.15) is 11.5 Å². The molecule has 0 radical (unpaired) electrons. The van der Waals surface area contributed by atoms with Crippen LogP contribution < -0.4 is 18.9 Å². The molecule has 33 heavy (non-hydrogen) atoms. The molecule has 2 heterocycles. The van der Waals surface area contributed by atoms with Crippen LogP contribution in [0, 0.1) is 0 Å². The number of likely N-dealkylation sites (tertiary alicyclic amines) is 1. The van der Waals surface area contributed by atoms with Crippen LogP contribution in [0.4, 0.5) is 0 Å². The van der Waals surface area contributed by atoms with Crippen LogP contribution in [0.2, 0.25) is 0 Å². The minimum Gasteiger partial charge on any atom is -0.497 e. The molecule has 2 aromatic carbocycles. The van der Waals surface area contributed by atoms with Crippen LogP contribution in [0.1, 0.15) is 36.8 Å². The number of carbonyl (C=O) groups is 1. The zero-order chi connectivity index (χ0) is 23.5. The quantitative estimate of drug-likeness (QED) is 0.508. The van der Waals surface area contributed by atoms with Gasteiger partial charge in [0.05, 0.1) is 40.4 Å². The number of nitrogens with zero attached hydrogens (tertiary/aromatic N) is 3. The molecule has 0 aliphatic carbocycles. The molecule has 4 rings (SSSR count). The van der Waals surface area contributed by atoms with Gasteiger partial charge in [-0.15, -0.1) is 0 Å². The number of ether oxygens (including phenoxy) is 4. The van der Waals surface area contributed by atoms with E-state index in [0.717, 1.165) is 5.56 Å². The van der Waals surface area contributed by atoms with Crippen LogP contribution in [0.5, 0.6) is 23.0 Å².